The van der Waals surface area contributed by atoms with E-state index in [0.717, 1.165) is 21.0 Å². The molecule has 0 atom stereocenters. The van der Waals surface area contributed by atoms with Crippen LogP contribution in [0.2, 0.25) is 0 Å². The van der Waals surface area contributed by atoms with E-state index in [0.29, 0.717) is 11.3 Å². The van der Waals surface area contributed by atoms with Crippen molar-refractivity contribution < 1.29 is 14.1 Å². The van der Waals surface area contributed by atoms with E-state index in [1.54, 1.807) is 11.3 Å². The van der Waals surface area contributed by atoms with Crippen LogP contribution in [-0.2, 0) is 16.1 Å². The Morgan fingerprint density at radius 3 is 2.65 bits per heavy atom. The van der Waals surface area contributed by atoms with Crippen LogP contribution in [0.5, 0.6) is 0 Å². The van der Waals surface area contributed by atoms with Gasteiger partial charge in [-0.05, 0) is 42.8 Å². The highest BCUT2D eigenvalue weighted by atomic mass is 32.1. The van der Waals surface area contributed by atoms with Gasteiger partial charge in [-0.1, -0.05) is 17.3 Å². The van der Waals surface area contributed by atoms with Crippen LogP contribution in [0.1, 0.15) is 26.8 Å². The molecule has 0 unspecified atom stereocenters. The zero-order valence-corrected chi connectivity index (χ0v) is 14.4. The Bertz CT molecular complexity index is 795. The van der Waals surface area contributed by atoms with Crippen LogP contribution in [0.4, 0.5) is 0 Å². The summed E-state index contributed by atoms with van der Waals surface area (Å²) in [5.41, 5.74) is 2.13. The van der Waals surface area contributed by atoms with Gasteiger partial charge < -0.3 is 9.26 Å². The summed E-state index contributed by atoms with van der Waals surface area (Å²) in [4.78, 5) is 14.5. The molecule has 0 radical (unpaired) electrons. The van der Waals surface area contributed by atoms with Gasteiger partial charge in [-0.2, -0.15) is 0 Å². The molecule has 0 saturated carbocycles. The van der Waals surface area contributed by atoms with Crippen LogP contribution in [0, 0.1) is 13.8 Å². The van der Waals surface area contributed by atoms with Gasteiger partial charge in [0.15, 0.2) is 0 Å². The number of carbonyl (C=O) groups is 1. The van der Waals surface area contributed by atoms with Crippen molar-refractivity contribution >= 4 is 40.3 Å². The third-order valence-corrected chi connectivity index (χ3v) is 5.09. The third-order valence-electron chi connectivity index (χ3n) is 3.37. The highest BCUT2D eigenvalue weighted by Crippen LogP contribution is 2.26. The Kier molecular flexibility index (Phi) is 4.73. The molecular formula is C17H15NO3S2. The molecule has 23 heavy (non-hydrogen) atoms. The molecule has 3 aromatic heterocycles. The van der Waals surface area contributed by atoms with Crippen LogP contribution < -0.4 is 0 Å². The number of aromatic nitrogens is 1. The molecule has 0 aromatic carbocycles. The summed E-state index contributed by atoms with van der Waals surface area (Å²) in [6.45, 7) is 3.80. The van der Waals surface area contributed by atoms with Crippen molar-refractivity contribution in [2.45, 2.75) is 20.5 Å². The lowest BCUT2D eigenvalue weighted by atomic mass is 10.2. The third kappa shape index (κ3) is 3.60. The molecule has 0 amide bonds. The average Bonchev–Trinajstić information content (AvgIpc) is 3.27. The number of ether oxygens (including phenoxy) is 1. The fraction of sp³-hybridized carbons (Fsp3) is 0.176. The van der Waals surface area contributed by atoms with Crippen LogP contribution in [0.3, 0.4) is 0 Å². The normalized spacial score (nSPS) is 11.7. The molecule has 0 spiro atoms. The summed E-state index contributed by atoms with van der Waals surface area (Å²) in [7, 11) is 0. The zero-order chi connectivity index (χ0) is 16.2. The SMILES string of the molecule is Cc1noc(C)c1COC(=O)/C(=C/c1cccs1)c1cccs1. The highest BCUT2D eigenvalue weighted by molar-refractivity contribution is 7.12. The van der Waals surface area contributed by atoms with Gasteiger partial charge in [0.1, 0.15) is 12.4 Å². The molecule has 118 valence electrons. The fourth-order valence-corrected chi connectivity index (χ4v) is 3.49. The van der Waals surface area contributed by atoms with Gasteiger partial charge in [0, 0.05) is 9.75 Å². The zero-order valence-electron chi connectivity index (χ0n) is 12.7. The second-order valence-corrected chi connectivity index (χ2v) is 6.86. The number of aryl methyl sites for hydroxylation is 2. The van der Waals surface area contributed by atoms with E-state index in [-0.39, 0.29) is 12.6 Å². The van der Waals surface area contributed by atoms with E-state index in [2.05, 4.69) is 5.16 Å². The van der Waals surface area contributed by atoms with Gasteiger partial charge >= 0.3 is 5.97 Å². The molecule has 6 heteroatoms. The number of hydrogen-bond acceptors (Lipinski definition) is 6. The van der Waals surface area contributed by atoms with Crippen molar-refractivity contribution in [1.29, 1.82) is 0 Å². The lowest BCUT2D eigenvalue weighted by molar-refractivity contribution is -0.137. The van der Waals surface area contributed by atoms with Crippen molar-refractivity contribution in [3.63, 3.8) is 0 Å². The number of hydrogen-bond donors (Lipinski definition) is 0. The minimum Gasteiger partial charge on any atom is -0.457 e. The van der Waals surface area contributed by atoms with E-state index < -0.39 is 0 Å². The van der Waals surface area contributed by atoms with Gasteiger partial charge in [0.2, 0.25) is 0 Å². The minimum absolute atomic E-state index is 0.160. The van der Waals surface area contributed by atoms with Gasteiger partial charge in [0.05, 0.1) is 16.8 Å². The molecule has 4 nitrogen and oxygen atoms in total. The van der Waals surface area contributed by atoms with Crippen LogP contribution in [0.25, 0.3) is 11.6 Å². The van der Waals surface area contributed by atoms with Crippen LogP contribution in [-0.4, -0.2) is 11.1 Å². The van der Waals surface area contributed by atoms with E-state index in [1.165, 1.54) is 11.3 Å². The van der Waals surface area contributed by atoms with Crippen LogP contribution in [0.15, 0.2) is 39.5 Å². The molecule has 3 rings (SSSR count). The second-order valence-electron chi connectivity index (χ2n) is 4.93. The predicted octanol–water partition coefficient (Wildman–Crippen LogP) is 4.70. The average molecular weight is 345 g/mol. The summed E-state index contributed by atoms with van der Waals surface area (Å²) in [5, 5.41) is 7.80. The maximum absolute atomic E-state index is 12.6. The molecular weight excluding hydrogens is 330 g/mol. The lowest BCUT2D eigenvalue weighted by Crippen LogP contribution is -2.07. The molecule has 0 bridgehead atoms. The van der Waals surface area contributed by atoms with Crippen molar-refractivity contribution in [2.75, 3.05) is 0 Å². The topological polar surface area (TPSA) is 52.3 Å². The van der Waals surface area contributed by atoms with Crippen LogP contribution >= 0.6 is 22.7 Å². The summed E-state index contributed by atoms with van der Waals surface area (Å²) in [6, 6.07) is 7.77. The molecule has 0 saturated heterocycles. The first-order valence-corrected chi connectivity index (χ1v) is 8.79. The monoisotopic (exact) mass is 345 g/mol. The van der Waals surface area contributed by atoms with E-state index in [9.17, 15) is 4.79 Å². The summed E-state index contributed by atoms with van der Waals surface area (Å²) < 4.78 is 10.6. The quantitative estimate of drug-likeness (QED) is 0.497. The molecule has 3 heterocycles. The fourth-order valence-electron chi connectivity index (χ4n) is 2.10. The first-order chi connectivity index (χ1) is 11.1. The Hall–Kier alpha value is -2.18. The molecule has 0 fully saturated rings. The second kappa shape index (κ2) is 6.93. The van der Waals surface area contributed by atoms with Crippen molar-refractivity contribution in [1.82, 2.24) is 5.16 Å². The molecule has 0 aliphatic rings. The van der Waals surface area contributed by atoms with Gasteiger partial charge in [-0.3, -0.25) is 0 Å². The first kappa shape index (κ1) is 15.7. The first-order valence-electron chi connectivity index (χ1n) is 7.03. The summed E-state index contributed by atoms with van der Waals surface area (Å²) >= 11 is 3.10. The van der Waals surface area contributed by atoms with Gasteiger partial charge in [0.25, 0.3) is 0 Å². The van der Waals surface area contributed by atoms with Crippen molar-refractivity contribution in [2.24, 2.45) is 0 Å². The lowest BCUT2D eigenvalue weighted by Gasteiger charge is -2.07. The maximum Gasteiger partial charge on any atom is 0.339 e. The number of nitrogens with zero attached hydrogens (tertiary/aromatic N) is 1. The van der Waals surface area contributed by atoms with E-state index in [4.69, 9.17) is 9.26 Å². The number of esters is 1. The van der Waals surface area contributed by atoms with E-state index in [1.807, 2.05) is 54.9 Å². The standard InChI is InChI=1S/C17H15NO3S2/c1-11-15(12(2)21-18-11)10-20-17(19)14(16-6-4-8-23-16)9-13-5-3-7-22-13/h3-9H,10H2,1-2H3/b14-9+. The number of thiophene rings is 2. The Morgan fingerprint density at radius 1 is 1.26 bits per heavy atom. The van der Waals surface area contributed by atoms with Gasteiger partial charge in [-0.25, -0.2) is 4.79 Å². The molecule has 0 aliphatic carbocycles. The largest absolute Gasteiger partial charge is 0.457 e. The van der Waals surface area contributed by atoms with Crippen molar-refractivity contribution in [3.8, 4) is 0 Å². The predicted molar refractivity (Wildman–Crippen MR) is 92.3 cm³/mol. The molecule has 0 N–H and O–H groups in total. The van der Waals surface area contributed by atoms with Crippen molar-refractivity contribution in [3.05, 3.63) is 61.8 Å². The van der Waals surface area contributed by atoms with Gasteiger partial charge in [-0.15, -0.1) is 22.7 Å². The summed E-state index contributed by atoms with van der Waals surface area (Å²) in [5.74, 6) is 0.330. The highest BCUT2D eigenvalue weighted by Gasteiger charge is 2.17. The number of rotatable bonds is 5. The Balaban J connectivity index is 1.81. The maximum atomic E-state index is 12.6. The Labute approximate surface area is 142 Å². The van der Waals surface area contributed by atoms with E-state index >= 15 is 0 Å². The number of carbonyl (C=O) groups excluding carboxylic acids is 1. The Morgan fingerprint density at radius 2 is 2.04 bits per heavy atom. The minimum atomic E-state index is -0.346. The smallest absolute Gasteiger partial charge is 0.339 e. The molecule has 3 aromatic rings. The summed E-state index contributed by atoms with van der Waals surface area (Å²) in [6.07, 6.45) is 1.87. The molecule has 0 aliphatic heterocycles.